The van der Waals surface area contributed by atoms with Crippen molar-refractivity contribution >= 4 is 41.7 Å². The summed E-state index contributed by atoms with van der Waals surface area (Å²) in [5, 5.41) is 16.6. The molecule has 3 rings (SSSR count). The van der Waals surface area contributed by atoms with Crippen molar-refractivity contribution in [2.45, 2.75) is 76.1 Å². The first kappa shape index (κ1) is 21.8. The molecule has 0 spiro atoms. The van der Waals surface area contributed by atoms with Crippen molar-refractivity contribution in [1.82, 2.24) is 25.4 Å². The average Bonchev–Trinajstić information content (AvgIpc) is 3.15. The number of rotatable bonds is 6. The number of fused-ring (bicyclic) bond motifs is 1. The number of nitrogens with zero attached hydrogens (tertiary/aromatic N) is 4. The predicted molar refractivity (Wildman–Crippen MR) is 121 cm³/mol. The van der Waals surface area contributed by atoms with Crippen molar-refractivity contribution in [1.29, 1.82) is 0 Å². The van der Waals surface area contributed by atoms with Crippen LogP contribution in [-0.4, -0.2) is 51.4 Å². The molecule has 8 heteroatoms. The zero-order valence-electron chi connectivity index (χ0n) is 16.0. The van der Waals surface area contributed by atoms with Gasteiger partial charge in [-0.15, -0.1) is 34.2 Å². The van der Waals surface area contributed by atoms with Gasteiger partial charge in [0.2, 0.25) is 0 Å². The number of halogens is 1. The van der Waals surface area contributed by atoms with Crippen molar-refractivity contribution in [2.24, 2.45) is 4.99 Å². The second-order valence-electron chi connectivity index (χ2n) is 7.02. The summed E-state index contributed by atoms with van der Waals surface area (Å²) in [4.78, 5) is 4.78. The van der Waals surface area contributed by atoms with Crippen LogP contribution in [0.1, 0.15) is 57.1 Å². The fourth-order valence-electron chi connectivity index (χ4n) is 3.80. The van der Waals surface area contributed by atoms with Gasteiger partial charge in [0, 0.05) is 43.8 Å². The number of hydrogen-bond donors (Lipinski definition) is 2. The van der Waals surface area contributed by atoms with Crippen LogP contribution in [0.5, 0.6) is 0 Å². The van der Waals surface area contributed by atoms with Crippen LogP contribution < -0.4 is 10.6 Å². The van der Waals surface area contributed by atoms with Gasteiger partial charge in [-0.25, -0.2) is 0 Å². The summed E-state index contributed by atoms with van der Waals surface area (Å²) in [5.74, 6) is 3.21. The quantitative estimate of drug-likeness (QED) is 0.363. The SMILES string of the molecule is CCNC(=NCCc1nnc2n1CCCCC2)NC1CCC(SC)C1.I. The zero-order chi connectivity index (χ0) is 17.5. The van der Waals surface area contributed by atoms with Crippen molar-refractivity contribution in [3.63, 3.8) is 0 Å². The highest BCUT2D eigenvalue weighted by Crippen LogP contribution is 2.28. The Hall–Kier alpha value is -0.510. The monoisotopic (exact) mass is 492 g/mol. The number of aryl methyl sites for hydroxylation is 1. The largest absolute Gasteiger partial charge is 0.357 e. The molecule has 2 N–H and O–H groups in total. The molecule has 0 saturated heterocycles. The van der Waals surface area contributed by atoms with Crippen LogP contribution >= 0.6 is 35.7 Å². The van der Waals surface area contributed by atoms with E-state index in [-0.39, 0.29) is 24.0 Å². The first-order valence-corrected chi connectivity index (χ1v) is 11.1. The van der Waals surface area contributed by atoms with Crippen LogP contribution in [0.15, 0.2) is 4.99 Å². The number of aliphatic imine (C=N–C) groups is 1. The zero-order valence-corrected chi connectivity index (χ0v) is 19.2. The fraction of sp³-hybridized carbons (Fsp3) is 0.833. The fourth-order valence-corrected chi connectivity index (χ4v) is 4.59. The molecule has 2 unspecified atom stereocenters. The molecule has 1 aromatic heterocycles. The Bertz CT molecular complexity index is 576. The van der Waals surface area contributed by atoms with Gasteiger partial charge in [-0.05, 0) is 45.3 Å². The van der Waals surface area contributed by atoms with Crippen molar-refractivity contribution in [3.05, 3.63) is 11.6 Å². The number of thioether (sulfide) groups is 1. The maximum Gasteiger partial charge on any atom is 0.191 e. The lowest BCUT2D eigenvalue weighted by atomic mass is 10.2. The molecule has 0 amide bonds. The number of nitrogens with one attached hydrogen (secondary N) is 2. The van der Waals surface area contributed by atoms with Gasteiger partial charge in [-0.3, -0.25) is 4.99 Å². The minimum Gasteiger partial charge on any atom is -0.357 e. The van der Waals surface area contributed by atoms with E-state index < -0.39 is 0 Å². The second-order valence-corrected chi connectivity index (χ2v) is 8.16. The lowest BCUT2D eigenvalue weighted by Gasteiger charge is -2.17. The van der Waals surface area contributed by atoms with E-state index in [0.717, 1.165) is 55.3 Å². The van der Waals surface area contributed by atoms with Gasteiger partial charge in [0.25, 0.3) is 0 Å². The average molecular weight is 492 g/mol. The van der Waals surface area contributed by atoms with E-state index in [4.69, 9.17) is 4.99 Å². The molecule has 1 aliphatic carbocycles. The lowest BCUT2D eigenvalue weighted by molar-refractivity contribution is 0.600. The minimum atomic E-state index is 0. The first-order chi connectivity index (χ1) is 12.3. The van der Waals surface area contributed by atoms with Gasteiger partial charge in [-0.1, -0.05) is 6.42 Å². The third-order valence-corrected chi connectivity index (χ3v) is 6.29. The molecule has 1 saturated carbocycles. The number of aromatic nitrogens is 3. The molecule has 2 atom stereocenters. The van der Waals surface area contributed by atoms with Gasteiger partial charge < -0.3 is 15.2 Å². The summed E-state index contributed by atoms with van der Waals surface area (Å²) in [5.41, 5.74) is 0. The lowest BCUT2D eigenvalue weighted by Crippen LogP contribution is -2.42. The Morgan fingerprint density at radius 3 is 2.92 bits per heavy atom. The molecular formula is C18H33IN6S. The summed E-state index contributed by atoms with van der Waals surface area (Å²) >= 11 is 1.99. The van der Waals surface area contributed by atoms with Gasteiger partial charge in [0.15, 0.2) is 5.96 Å². The van der Waals surface area contributed by atoms with E-state index >= 15 is 0 Å². The summed E-state index contributed by atoms with van der Waals surface area (Å²) in [6.07, 6.45) is 11.7. The summed E-state index contributed by atoms with van der Waals surface area (Å²) in [6.45, 7) is 4.84. The van der Waals surface area contributed by atoms with Gasteiger partial charge in [0.05, 0.1) is 0 Å². The highest BCUT2D eigenvalue weighted by molar-refractivity contribution is 14.0. The Morgan fingerprint density at radius 2 is 2.15 bits per heavy atom. The second kappa shape index (κ2) is 11.4. The van der Waals surface area contributed by atoms with Crippen LogP contribution in [0.4, 0.5) is 0 Å². The van der Waals surface area contributed by atoms with Crippen LogP contribution in [-0.2, 0) is 19.4 Å². The van der Waals surface area contributed by atoms with Gasteiger partial charge in [0.1, 0.15) is 11.6 Å². The van der Waals surface area contributed by atoms with Crippen molar-refractivity contribution in [2.75, 3.05) is 19.3 Å². The maximum absolute atomic E-state index is 4.78. The third kappa shape index (κ3) is 6.00. The van der Waals surface area contributed by atoms with Crippen LogP contribution in [0.25, 0.3) is 0 Å². The number of hydrogen-bond acceptors (Lipinski definition) is 4. The van der Waals surface area contributed by atoms with Crippen molar-refractivity contribution < 1.29 is 0 Å². The van der Waals surface area contributed by atoms with E-state index in [9.17, 15) is 0 Å². The Balaban J connectivity index is 0.00000243. The van der Waals surface area contributed by atoms with E-state index in [1.165, 1.54) is 38.5 Å². The Labute approximate surface area is 178 Å². The molecule has 1 aliphatic heterocycles. The van der Waals surface area contributed by atoms with E-state index in [1.807, 2.05) is 11.8 Å². The summed E-state index contributed by atoms with van der Waals surface area (Å²) < 4.78 is 2.32. The topological polar surface area (TPSA) is 67.1 Å². The Kier molecular flexibility index (Phi) is 9.52. The molecule has 0 bridgehead atoms. The highest BCUT2D eigenvalue weighted by Gasteiger charge is 2.24. The molecule has 0 radical (unpaired) electrons. The van der Waals surface area contributed by atoms with E-state index in [1.54, 1.807) is 0 Å². The normalized spacial score (nSPS) is 23.1. The van der Waals surface area contributed by atoms with Gasteiger partial charge in [-0.2, -0.15) is 11.8 Å². The molecule has 2 heterocycles. The van der Waals surface area contributed by atoms with Crippen LogP contribution in [0, 0.1) is 0 Å². The van der Waals surface area contributed by atoms with Crippen LogP contribution in [0.2, 0.25) is 0 Å². The molecule has 0 aromatic carbocycles. The third-order valence-electron chi connectivity index (χ3n) is 5.19. The molecule has 148 valence electrons. The minimum absolute atomic E-state index is 0. The summed E-state index contributed by atoms with van der Waals surface area (Å²) in [7, 11) is 0. The molecule has 1 aromatic rings. The molecule has 2 aliphatic rings. The Morgan fingerprint density at radius 1 is 1.27 bits per heavy atom. The predicted octanol–water partition coefficient (Wildman–Crippen LogP) is 3.00. The first-order valence-electron chi connectivity index (χ1n) is 9.78. The van der Waals surface area contributed by atoms with Crippen molar-refractivity contribution in [3.8, 4) is 0 Å². The maximum atomic E-state index is 4.78. The van der Waals surface area contributed by atoms with E-state index in [2.05, 4.69) is 38.6 Å². The van der Waals surface area contributed by atoms with Gasteiger partial charge >= 0.3 is 0 Å². The smallest absolute Gasteiger partial charge is 0.191 e. The molecule has 1 fully saturated rings. The number of guanidine groups is 1. The highest BCUT2D eigenvalue weighted by atomic mass is 127. The summed E-state index contributed by atoms with van der Waals surface area (Å²) in [6, 6.07) is 0.555. The molecule has 6 nitrogen and oxygen atoms in total. The molecular weight excluding hydrogens is 459 g/mol. The van der Waals surface area contributed by atoms with E-state index in [0.29, 0.717) is 6.04 Å². The molecule has 26 heavy (non-hydrogen) atoms. The standard InChI is InChI=1S/C18H32N6S.HI/c1-3-19-18(21-14-8-9-15(13-14)25-2)20-11-10-17-23-22-16-7-5-4-6-12-24(16)17;/h14-15H,3-13H2,1-2H3,(H2,19,20,21);1H. The van der Waals surface area contributed by atoms with Crippen LogP contribution in [0.3, 0.4) is 0 Å².